The van der Waals surface area contributed by atoms with Gasteiger partial charge >= 0.3 is 0 Å². The summed E-state index contributed by atoms with van der Waals surface area (Å²) < 4.78 is 2.13. The molecule has 0 radical (unpaired) electrons. The number of nitrogen functional groups attached to an aromatic ring is 1. The first-order valence-electron chi connectivity index (χ1n) is 11.6. The predicted molar refractivity (Wildman–Crippen MR) is 139 cm³/mol. The lowest BCUT2D eigenvalue weighted by Gasteiger charge is -2.34. The third kappa shape index (κ3) is 3.54. The van der Waals surface area contributed by atoms with Crippen LogP contribution in [-0.4, -0.2) is 57.6 Å². The summed E-state index contributed by atoms with van der Waals surface area (Å²) in [5, 5.41) is 1.21. The summed E-state index contributed by atoms with van der Waals surface area (Å²) in [5.41, 5.74) is 14.8. The Balaban J connectivity index is 1.50. The normalized spacial score (nSPS) is 14.8. The quantitative estimate of drug-likeness (QED) is 0.417. The van der Waals surface area contributed by atoms with Gasteiger partial charge in [-0.05, 0) is 48.3 Å². The Hall–Kier alpha value is -3.97. The molecular weight excluding hydrogens is 422 g/mol. The van der Waals surface area contributed by atoms with Gasteiger partial charge in [0.15, 0.2) is 0 Å². The number of hydrogen-bond donors (Lipinski definition) is 1. The molecule has 0 spiro atoms. The lowest BCUT2D eigenvalue weighted by atomic mass is 10.0. The number of fused-ring (bicyclic) bond motifs is 2. The van der Waals surface area contributed by atoms with Gasteiger partial charge in [-0.3, -0.25) is 9.97 Å². The van der Waals surface area contributed by atoms with Crippen LogP contribution < -0.4 is 10.6 Å². The highest BCUT2D eigenvalue weighted by molar-refractivity contribution is 5.97. The maximum atomic E-state index is 6.27. The molecule has 7 heteroatoms. The summed E-state index contributed by atoms with van der Waals surface area (Å²) >= 11 is 0. The molecule has 0 aliphatic carbocycles. The first-order chi connectivity index (χ1) is 16.6. The number of aryl methyl sites for hydroxylation is 1. The van der Waals surface area contributed by atoms with Crippen molar-refractivity contribution < 1.29 is 0 Å². The van der Waals surface area contributed by atoms with E-state index < -0.39 is 0 Å². The fourth-order valence-electron chi connectivity index (χ4n) is 4.82. The average molecular weight is 450 g/mol. The zero-order valence-corrected chi connectivity index (χ0v) is 19.4. The molecule has 0 atom stereocenters. The third-order valence-corrected chi connectivity index (χ3v) is 6.79. The van der Waals surface area contributed by atoms with Crippen LogP contribution in [0, 0.1) is 0 Å². The molecule has 6 rings (SSSR count). The SMILES string of the molecule is CN1CCN(c2ccncc2-c2cnc3cc(N)cc(-c4ccc5ccn(C)c5c4)c3n2)CC1. The second-order valence-electron chi connectivity index (χ2n) is 9.07. The molecule has 0 saturated carbocycles. The number of rotatable bonds is 3. The van der Waals surface area contributed by atoms with Crippen molar-refractivity contribution in [3.05, 3.63) is 67.3 Å². The minimum atomic E-state index is 0.677. The Bertz CT molecular complexity index is 1510. The topological polar surface area (TPSA) is 76.1 Å². The van der Waals surface area contributed by atoms with Gasteiger partial charge in [-0.15, -0.1) is 0 Å². The summed E-state index contributed by atoms with van der Waals surface area (Å²) in [5.74, 6) is 0. The standard InChI is InChI=1S/C27H27N7/c1-32-9-11-34(12-10-32)25-5-7-29-16-22(25)24-17-30-23-15-20(28)14-21(27(23)31-24)19-4-3-18-6-8-33(2)26(18)13-19/h3-8,13-17H,9-12,28H2,1-2H3. The highest BCUT2D eigenvalue weighted by atomic mass is 15.2. The monoisotopic (exact) mass is 449 g/mol. The van der Waals surface area contributed by atoms with E-state index in [-0.39, 0.29) is 0 Å². The molecule has 4 heterocycles. The van der Waals surface area contributed by atoms with E-state index in [1.165, 1.54) is 10.9 Å². The Morgan fingerprint density at radius 3 is 2.59 bits per heavy atom. The molecule has 1 fully saturated rings. The van der Waals surface area contributed by atoms with Crippen LogP contribution in [0.3, 0.4) is 0 Å². The van der Waals surface area contributed by atoms with Gasteiger partial charge in [0.1, 0.15) is 0 Å². The Morgan fingerprint density at radius 2 is 1.74 bits per heavy atom. The van der Waals surface area contributed by atoms with Gasteiger partial charge in [-0.25, -0.2) is 4.98 Å². The van der Waals surface area contributed by atoms with Gasteiger partial charge in [0.2, 0.25) is 0 Å². The average Bonchev–Trinajstić information content (AvgIpc) is 3.24. The summed E-state index contributed by atoms with van der Waals surface area (Å²) in [6.45, 7) is 4.03. The van der Waals surface area contributed by atoms with E-state index in [4.69, 9.17) is 15.7 Å². The van der Waals surface area contributed by atoms with E-state index in [9.17, 15) is 0 Å². The maximum absolute atomic E-state index is 6.27. The third-order valence-electron chi connectivity index (χ3n) is 6.79. The van der Waals surface area contributed by atoms with Crippen molar-refractivity contribution in [2.24, 2.45) is 7.05 Å². The van der Waals surface area contributed by atoms with E-state index in [0.29, 0.717) is 5.69 Å². The van der Waals surface area contributed by atoms with Crippen LogP contribution in [0.1, 0.15) is 0 Å². The number of nitrogens with zero attached hydrogens (tertiary/aromatic N) is 6. The zero-order chi connectivity index (χ0) is 23.2. The zero-order valence-electron chi connectivity index (χ0n) is 19.4. The number of nitrogens with two attached hydrogens (primary N) is 1. The number of likely N-dealkylation sites (N-methyl/N-ethyl adjacent to an activating group) is 1. The van der Waals surface area contributed by atoms with Crippen LogP contribution >= 0.6 is 0 Å². The van der Waals surface area contributed by atoms with Crippen LogP contribution in [-0.2, 0) is 7.05 Å². The first kappa shape index (κ1) is 20.6. The lowest BCUT2D eigenvalue weighted by Crippen LogP contribution is -2.44. The molecule has 1 aliphatic rings. The number of anilines is 2. The molecule has 170 valence electrons. The fourth-order valence-corrected chi connectivity index (χ4v) is 4.82. The molecule has 0 unspecified atom stereocenters. The van der Waals surface area contributed by atoms with Crippen LogP contribution in [0.4, 0.5) is 11.4 Å². The van der Waals surface area contributed by atoms with Crippen molar-refractivity contribution in [3.8, 4) is 22.4 Å². The summed E-state index contributed by atoms with van der Waals surface area (Å²) in [6, 6.07) is 14.6. The number of hydrogen-bond acceptors (Lipinski definition) is 6. The van der Waals surface area contributed by atoms with Gasteiger partial charge in [0.05, 0.1) is 22.9 Å². The van der Waals surface area contributed by atoms with Crippen LogP contribution in [0.5, 0.6) is 0 Å². The maximum Gasteiger partial charge on any atom is 0.0974 e. The van der Waals surface area contributed by atoms with Gasteiger partial charge in [0, 0.05) is 79.8 Å². The minimum absolute atomic E-state index is 0.677. The predicted octanol–water partition coefficient (Wildman–Crippen LogP) is 4.18. The van der Waals surface area contributed by atoms with Gasteiger partial charge < -0.3 is 20.1 Å². The molecule has 2 N–H and O–H groups in total. The van der Waals surface area contributed by atoms with Crippen molar-refractivity contribution in [1.29, 1.82) is 0 Å². The number of pyridine rings is 1. The van der Waals surface area contributed by atoms with E-state index >= 15 is 0 Å². The summed E-state index contributed by atoms with van der Waals surface area (Å²) in [7, 11) is 4.23. The first-order valence-corrected chi connectivity index (χ1v) is 11.6. The van der Waals surface area contributed by atoms with Crippen molar-refractivity contribution in [2.45, 2.75) is 0 Å². The summed E-state index contributed by atoms with van der Waals surface area (Å²) in [4.78, 5) is 19.1. The molecule has 1 saturated heterocycles. The second kappa shape index (κ2) is 8.11. The molecule has 0 amide bonds. The molecule has 7 nitrogen and oxygen atoms in total. The number of piperazine rings is 1. The van der Waals surface area contributed by atoms with Gasteiger partial charge in [-0.1, -0.05) is 12.1 Å². The van der Waals surface area contributed by atoms with Crippen molar-refractivity contribution in [1.82, 2.24) is 24.4 Å². The Labute approximate surface area is 198 Å². The molecule has 3 aromatic heterocycles. The molecule has 5 aromatic rings. The molecule has 34 heavy (non-hydrogen) atoms. The largest absolute Gasteiger partial charge is 0.399 e. The number of aromatic nitrogens is 4. The van der Waals surface area contributed by atoms with Crippen LogP contribution in [0.25, 0.3) is 44.3 Å². The molecule has 2 aromatic carbocycles. The fraction of sp³-hybridized carbons (Fsp3) is 0.222. The lowest BCUT2D eigenvalue weighted by molar-refractivity contribution is 0.313. The van der Waals surface area contributed by atoms with Gasteiger partial charge in [-0.2, -0.15) is 0 Å². The van der Waals surface area contributed by atoms with Crippen molar-refractivity contribution >= 4 is 33.3 Å². The van der Waals surface area contributed by atoms with E-state index in [1.54, 1.807) is 0 Å². The van der Waals surface area contributed by atoms with Crippen molar-refractivity contribution in [3.63, 3.8) is 0 Å². The number of benzene rings is 2. The van der Waals surface area contributed by atoms with E-state index in [0.717, 1.165) is 65.3 Å². The van der Waals surface area contributed by atoms with E-state index in [2.05, 4.69) is 70.0 Å². The van der Waals surface area contributed by atoms with Crippen LogP contribution in [0.15, 0.2) is 67.3 Å². The smallest absolute Gasteiger partial charge is 0.0974 e. The Morgan fingerprint density at radius 1 is 0.882 bits per heavy atom. The molecule has 1 aliphatic heterocycles. The van der Waals surface area contributed by atoms with E-state index in [1.807, 2.05) is 30.7 Å². The minimum Gasteiger partial charge on any atom is -0.399 e. The highest BCUT2D eigenvalue weighted by Gasteiger charge is 2.19. The van der Waals surface area contributed by atoms with Crippen molar-refractivity contribution in [2.75, 3.05) is 43.9 Å². The highest BCUT2D eigenvalue weighted by Crippen LogP contribution is 2.35. The van der Waals surface area contributed by atoms with Crippen LogP contribution in [0.2, 0.25) is 0 Å². The summed E-state index contributed by atoms with van der Waals surface area (Å²) in [6.07, 6.45) is 7.66. The molecular formula is C27H27N7. The molecule has 0 bridgehead atoms. The van der Waals surface area contributed by atoms with Gasteiger partial charge in [0.25, 0.3) is 0 Å². The Kier molecular flexibility index (Phi) is 4.92. The second-order valence-corrected chi connectivity index (χ2v) is 9.07.